The lowest BCUT2D eigenvalue weighted by molar-refractivity contribution is 0.781. The Balaban J connectivity index is 2.28. The van der Waals surface area contributed by atoms with E-state index in [2.05, 4.69) is 26.8 Å². The molecule has 1 aromatic heterocycles. The van der Waals surface area contributed by atoms with Crippen molar-refractivity contribution < 1.29 is 0 Å². The molecule has 0 unspecified atom stereocenters. The quantitative estimate of drug-likeness (QED) is 0.814. The number of nitrogen functional groups attached to an aromatic ring is 1. The molecule has 1 aromatic rings. The minimum atomic E-state index is 0.159. The van der Waals surface area contributed by atoms with Crippen LogP contribution in [0.3, 0.4) is 0 Å². The molecule has 2 N–H and O–H groups in total. The highest BCUT2D eigenvalue weighted by Crippen LogP contribution is 2.29. The van der Waals surface area contributed by atoms with Gasteiger partial charge < -0.3 is 10.6 Å². The maximum absolute atomic E-state index is 5.71. The van der Waals surface area contributed by atoms with E-state index in [-0.39, 0.29) is 11.2 Å². The first-order chi connectivity index (χ1) is 6.70. The van der Waals surface area contributed by atoms with Crippen molar-refractivity contribution in [2.24, 2.45) is 0 Å². The molecule has 14 heavy (non-hydrogen) atoms. The zero-order valence-corrected chi connectivity index (χ0v) is 8.70. The van der Waals surface area contributed by atoms with Crippen LogP contribution in [0.2, 0.25) is 5.28 Å². The van der Waals surface area contributed by atoms with E-state index in [1.807, 2.05) is 0 Å². The fourth-order valence-corrected chi connectivity index (χ4v) is 1.59. The van der Waals surface area contributed by atoms with Gasteiger partial charge in [0.15, 0.2) is 0 Å². The number of anilines is 2. The molecule has 0 amide bonds. The van der Waals surface area contributed by atoms with Crippen molar-refractivity contribution in [3.05, 3.63) is 5.28 Å². The van der Waals surface area contributed by atoms with E-state index in [0.717, 1.165) is 6.54 Å². The Morgan fingerprint density at radius 2 is 2.14 bits per heavy atom. The summed E-state index contributed by atoms with van der Waals surface area (Å²) in [5.41, 5.74) is 5.50. The summed E-state index contributed by atoms with van der Waals surface area (Å²) in [4.78, 5) is 13.9. The monoisotopic (exact) mass is 213 g/mol. The standard InChI is InChI=1S/C8H12ClN5/c1-2-14(5-3-4-5)8-12-6(9)11-7(10)13-8/h5H,2-4H2,1H3,(H2,10,11,12,13). The zero-order chi connectivity index (χ0) is 10.1. The van der Waals surface area contributed by atoms with Crippen LogP contribution in [0.15, 0.2) is 0 Å². The summed E-state index contributed by atoms with van der Waals surface area (Å²) in [6.07, 6.45) is 2.38. The number of nitrogens with two attached hydrogens (primary N) is 1. The van der Waals surface area contributed by atoms with Gasteiger partial charge in [-0.05, 0) is 31.4 Å². The van der Waals surface area contributed by atoms with Crippen molar-refractivity contribution in [1.29, 1.82) is 0 Å². The number of rotatable bonds is 3. The Labute approximate surface area is 87.3 Å². The molecule has 0 atom stereocenters. The maximum Gasteiger partial charge on any atom is 0.231 e. The number of aromatic nitrogens is 3. The predicted octanol–water partition coefficient (Wildman–Crippen LogP) is 1.10. The molecule has 1 heterocycles. The van der Waals surface area contributed by atoms with Crippen LogP contribution >= 0.6 is 11.6 Å². The molecular weight excluding hydrogens is 202 g/mol. The van der Waals surface area contributed by atoms with Crippen molar-refractivity contribution in [3.63, 3.8) is 0 Å². The van der Waals surface area contributed by atoms with Crippen molar-refractivity contribution in [1.82, 2.24) is 15.0 Å². The van der Waals surface area contributed by atoms with Gasteiger partial charge in [-0.1, -0.05) is 0 Å². The molecular formula is C8H12ClN5. The Morgan fingerprint density at radius 1 is 1.43 bits per heavy atom. The molecule has 0 aromatic carbocycles. The summed E-state index contributed by atoms with van der Waals surface area (Å²) in [6.45, 7) is 2.93. The molecule has 0 bridgehead atoms. The first kappa shape index (κ1) is 9.45. The fraction of sp³-hybridized carbons (Fsp3) is 0.625. The second-order valence-electron chi connectivity index (χ2n) is 3.28. The van der Waals surface area contributed by atoms with E-state index in [9.17, 15) is 0 Å². The lowest BCUT2D eigenvalue weighted by Gasteiger charge is -2.19. The first-order valence-corrected chi connectivity index (χ1v) is 5.02. The van der Waals surface area contributed by atoms with Gasteiger partial charge >= 0.3 is 0 Å². The fourth-order valence-electron chi connectivity index (χ4n) is 1.43. The van der Waals surface area contributed by atoms with Crippen molar-refractivity contribution in [3.8, 4) is 0 Å². The lowest BCUT2D eigenvalue weighted by atomic mass is 10.5. The van der Waals surface area contributed by atoms with Crippen LogP contribution < -0.4 is 10.6 Å². The van der Waals surface area contributed by atoms with Crippen LogP contribution in [-0.2, 0) is 0 Å². The van der Waals surface area contributed by atoms with E-state index in [1.54, 1.807) is 0 Å². The molecule has 1 aliphatic carbocycles. The van der Waals surface area contributed by atoms with Gasteiger partial charge in [0.25, 0.3) is 0 Å². The Hall–Kier alpha value is -1.10. The van der Waals surface area contributed by atoms with E-state index in [1.165, 1.54) is 12.8 Å². The summed E-state index contributed by atoms with van der Waals surface area (Å²) in [6, 6.07) is 0.554. The van der Waals surface area contributed by atoms with Crippen LogP contribution in [-0.4, -0.2) is 27.5 Å². The Morgan fingerprint density at radius 3 is 2.64 bits per heavy atom. The molecule has 6 heteroatoms. The predicted molar refractivity (Wildman–Crippen MR) is 55.3 cm³/mol. The number of hydrogen-bond acceptors (Lipinski definition) is 5. The topological polar surface area (TPSA) is 67.9 Å². The third-order valence-corrected chi connectivity index (χ3v) is 2.37. The number of hydrogen-bond donors (Lipinski definition) is 1. The minimum Gasteiger partial charge on any atom is -0.368 e. The van der Waals surface area contributed by atoms with Crippen molar-refractivity contribution >= 4 is 23.5 Å². The first-order valence-electron chi connectivity index (χ1n) is 4.64. The molecule has 5 nitrogen and oxygen atoms in total. The van der Waals surface area contributed by atoms with Crippen LogP contribution in [0.4, 0.5) is 11.9 Å². The van der Waals surface area contributed by atoms with Gasteiger partial charge in [-0.25, -0.2) is 0 Å². The second kappa shape index (κ2) is 3.57. The summed E-state index contributed by atoms with van der Waals surface area (Å²) in [7, 11) is 0. The summed E-state index contributed by atoms with van der Waals surface area (Å²) in [5.74, 6) is 0.770. The van der Waals surface area contributed by atoms with Gasteiger partial charge in [-0.2, -0.15) is 15.0 Å². The number of halogens is 1. The SMILES string of the molecule is CCN(c1nc(N)nc(Cl)n1)C1CC1. The smallest absolute Gasteiger partial charge is 0.231 e. The van der Waals surface area contributed by atoms with Crippen molar-refractivity contribution in [2.45, 2.75) is 25.8 Å². The van der Waals surface area contributed by atoms with Gasteiger partial charge in [0.1, 0.15) is 0 Å². The van der Waals surface area contributed by atoms with E-state index in [0.29, 0.717) is 12.0 Å². The minimum absolute atomic E-state index is 0.159. The highest BCUT2D eigenvalue weighted by molar-refractivity contribution is 6.28. The average Bonchev–Trinajstić information content (AvgIpc) is 2.87. The van der Waals surface area contributed by atoms with Gasteiger partial charge in [-0.3, -0.25) is 0 Å². The summed E-state index contributed by atoms with van der Waals surface area (Å²) < 4.78 is 0. The molecule has 2 rings (SSSR count). The molecule has 1 aliphatic rings. The molecule has 0 aliphatic heterocycles. The Bertz CT molecular complexity index is 318. The average molecular weight is 214 g/mol. The zero-order valence-electron chi connectivity index (χ0n) is 7.94. The van der Waals surface area contributed by atoms with Gasteiger partial charge in [-0.15, -0.1) is 0 Å². The van der Waals surface area contributed by atoms with Crippen LogP contribution in [0.5, 0.6) is 0 Å². The summed E-state index contributed by atoms with van der Waals surface area (Å²) >= 11 is 5.71. The molecule has 0 radical (unpaired) electrons. The highest BCUT2D eigenvalue weighted by atomic mass is 35.5. The highest BCUT2D eigenvalue weighted by Gasteiger charge is 2.30. The molecule has 1 saturated carbocycles. The lowest BCUT2D eigenvalue weighted by Crippen LogP contribution is -2.27. The van der Waals surface area contributed by atoms with Crippen LogP contribution in [0, 0.1) is 0 Å². The normalized spacial score (nSPS) is 15.6. The maximum atomic E-state index is 5.71. The van der Waals surface area contributed by atoms with Gasteiger partial charge in [0.2, 0.25) is 17.2 Å². The van der Waals surface area contributed by atoms with Crippen molar-refractivity contribution in [2.75, 3.05) is 17.2 Å². The van der Waals surface area contributed by atoms with Gasteiger partial charge in [0, 0.05) is 12.6 Å². The molecule has 1 fully saturated rings. The van der Waals surface area contributed by atoms with Crippen LogP contribution in [0.25, 0.3) is 0 Å². The third-order valence-electron chi connectivity index (χ3n) is 2.20. The molecule has 0 saturated heterocycles. The second-order valence-corrected chi connectivity index (χ2v) is 3.62. The molecule has 0 spiro atoms. The van der Waals surface area contributed by atoms with E-state index in [4.69, 9.17) is 17.3 Å². The molecule has 76 valence electrons. The van der Waals surface area contributed by atoms with Gasteiger partial charge in [0.05, 0.1) is 0 Å². The van der Waals surface area contributed by atoms with E-state index < -0.39 is 0 Å². The Kier molecular flexibility index (Phi) is 2.41. The van der Waals surface area contributed by atoms with E-state index >= 15 is 0 Å². The largest absolute Gasteiger partial charge is 0.368 e. The third kappa shape index (κ3) is 1.87. The number of nitrogens with zero attached hydrogens (tertiary/aromatic N) is 4. The summed E-state index contributed by atoms with van der Waals surface area (Å²) in [5, 5.41) is 0.159. The van der Waals surface area contributed by atoms with Crippen LogP contribution in [0.1, 0.15) is 19.8 Å².